The van der Waals surface area contributed by atoms with Crippen LogP contribution in [0.2, 0.25) is 0 Å². The molecule has 15 heavy (non-hydrogen) atoms. The van der Waals surface area contributed by atoms with E-state index in [2.05, 4.69) is 34.9 Å². The average molecular weight is 198 g/mol. The van der Waals surface area contributed by atoms with E-state index in [9.17, 15) is 0 Å². The molecule has 2 heteroatoms. The molecule has 76 valence electrons. The SMILES string of the molecule is C/C=C/c1cc(-c2ccncc2)cn1C. The van der Waals surface area contributed by atoms with Gasteiger partial charge in [0.1, 0.15) is 0 Å². The van der Waals surface area contributed by atoms with Crippen molar-refractivity contribution < 1.29 is 0 Å². The summed E-state index contributed by atoms with van der Waals surface area (Å²) in [6.45, 7) is 2.03. The molecule has 0 atom stereocenters. The zero-order valence-corrected chi connectivity index (χ0v) is 9.01. The predicted octanol–water partition coefficient (Wildman–Crippen LogP) is 3.12. The van der Waals surface area contributed by atoms with Gasteiger partial charge in [-0.25, -0.2) is 0 Å². The van der Waals surface area contributed by atoms with Crippen molar-refractivity contribution in [2.24, 2.45) is 7.05 Å². The lowest BCUT2D eigenvalue weighted by atomic mass is 10.1. The van der Waals surface area contributed by atoms with Crippen molar-refractivity contribution in [1.29, 1.82) is 0 Å². The largest absolute Gasteiger partial charge is 0.350 e. The van der Waals surface area contributed by atoms with Crippen molar-refractivity contribution in [2.75, 3.05) is 0 Å². The Balaban J connectivity index is 2.43. The van der Waals surface area contributed by atoms with Crippen molar-refractivity contribution in [2.45, 2.75) is 6.92 Å². The summed E-state index contributed by atoms with van der Waals surface area (Å²) in [5.74, 6) is 0. The van der Waals surface area contributed by atoms with E-state index in [1.54, 1.807) is 0 Å². The lowest BCUT2D eigenvalue weighted by Crippen LogP contribution is -1.86. The van der Waals surface area contributed by atoms with Gasteiger partial charge in [0.05, 0.1) is 0 Å². The van der Waals surface area contributed by atoms with E-state index >= 15 is 0 Å². The maximum absolute atomic E-state index is 4.02. The molecule has 2 rings (SSSR count). The van der Waals surface area contributed by atoms with Crippen LogP contribution in [0.5, 0.6) is 0 Å². The van der Waals surface area contributed by atoms with Crippen LogP contribution < -0.4 is 0 Å². The summed E-state index contributed by atoms with van der Waals surface area (Å²) < 4.78 is 2.12. The Morgan fingerprint density at radius 1 is 1.20 bits per heavy atom. The maximum Gasteiger partial charge on any atom is 0.0407 e. The van der Waals surface area contributed by atoms with Gasteiger partial charge in [-0.1, -0.05) is 6.08 Å². The van der Waals surface area contributed by atoms with Gasteiger partial charge in [0, 0.05) is 36.9 Å². The third-order valence-electron chi connectivity index (χ3n) is 2.39. The Bertz CT molecular complexity index is 467. The van der Waals surface area contributed by atoms with Gasteiger partial charge in [0.2, 0.25) is 0 Å². The van der Waals surface area contributed by atoms with Crippen LogP contribution >= 0.6 is 0 Å². The van der Waals surface area contributed by atoms with Crippen LogP contribution in [0.25, 0.3) is 17.2 Å². The third kappa shape index (κ3) is 1.99. The van der Waals surface area contributed by atoms with E-state index in [4.69, 9.17) is 0 Å². The monoisotopic (exact) mass is 198 g/mol. The number of rotatable bonds is 2. The topological polar surface area (TPSA) is 17.8 Å². The van der Waals surface area contributed by atoms with Crippen LogP contribution in [0.4, 0.5) is 0 Å². The molecule has 2 aromatic rings. The van der Waals surface area contributed by atoms with Crippen LogP contribution in [0.3, 0.4) is 0 Å². The Morgan fingerprint density at radius 3 is 2.60 bits per heavy atom. The molecule has 0 amide bonds. The van der Waals surface area contributed by atoms with Crippen molar-refractivity contribution in [3.05, 3.63) is 48.6 Å². The Kier molecular flexibility index (Phi) is 2.68. The van der Waals surface area contributed by atoms with E-state index < -0.39 is 0 Å². The molecular formula is C13H14N2. The highest BCUT2D eigenvalue weighted by Crippen LogP contribution is 2.21. The van der Waals surface area contributed by atoms with Gasteiger partial charge in [0.15, 0.2) is 0 Å². The molecule has 0 unspecified atom stereocenters. The number of aromatic nitrogens is 2. The summed E-state index contributed by atoms with van der Waals surface area (Å²) in [4.78, 5) is 4.02. The molecule has 0 saturated heterocycles. The van der Waals surface area contributed by atoms with Gasteiger partial charge < -0.3 is 4.57 Å². The molecule has 2 heterocycles. The molecule has 2 aromatic heterocycles. The number of pyridine rings is 1. The van der Waals surface area contributed by atoms with Crippen LogP contribution in [-0.4, -0.2) is 9.55 Å². The fourth-order valence-corrected chi connectivity index (χ4v) is 1.62. The van der Waals surface area contributed by atoms with Crippen molar-refractivity contribution in [3.63, 3.8) is 0 Å². The van der Waals surface area contributed by atoms with Crippen LogP contribution in [0.1, 0.15) is 12.6 Å². The van der Waals surface area contributed by atoms with Crippen LogP contribution in [0, 0.1) is 0 Å². The van der Waals surface area contributed by atoms with E-state index in [1.165, 1.54) is 16.8 Å². The Labute approximate surface area is 89.9 Å². The van der Waals surface area contributed by atoms with Gasteiger partial charge in [-0.2, -0.15) is 0 Å². The minimum absolute atomic E-state index is 1.20. The summed E-state index contributed by atoms with van der Waals surface area (Å²) in [6.07, 6.45) is 9.91. The average Bonchev–Trinajstić information content (AvgIpc) is 2.63. The highest BCUT2D eigenvalue weighted by molar-refractivity contribution is 5.66. The molecule has 0 aromatic carbocycles. The smallest absolute Gasteiger partial charge is 0.0407 e. The van der Waals surface area contributed by atoms with Crippen molar-refractivity contribution in [3.8, 4) is 11.1 Å². The molecule has 0 bridgehead atoms. The first-order valence-electron chi connectivity index (χ1n) is 5.00. The number of aryl methyl sites for hydroxylation is 1. The second kappa shape index (κ2) is 4.13. The van der Waals surface area contributed by atoms with Crippen molar-refractivity contribution in [1.82, 2.24) is 9.55 Å². The third-order valence-corrected chi connectivity index (χ3v) is 2.39. The minimum Gasteiger partial charge on any atom is -0.350 e. The molecule has 2 nitrogen and oxygen atoms in total. The summed E-state index contributed by atoms with van der Waals surface area (Å²) >= 11 is 0. The van der Waals surface area contributed by atoms with E-state index in [1.807, 2.05) is 37.5 Å². The molecule has 0 radical (unpaired) electrons. The first-order valence-corrected chi connectivity index (χ1v) is 5.00. The molecule has 0 saturated carbocycles. The molecule has 0 N–H and O–H groups in total. The summed E-state index contributed by atoms with van der Waals surface area (Å²) in [6, 6.07) is 6.22. The van der Waals surface area contributed by atoms with Gasteiger partial charge >= 0.3 is 0 Å². The first-order chi connectivity index (χ1) is 7.31. The number of hydrogen-bond donors (Lipinski definition) is 0. The van der Waals surface area contributed by atoms with Gasteiger partial charge in [-0.05, 0) is 36.8 Å². The second-order valence-corrected chi connectivity index (χ2v) is 3.50. The lowest BCUT2D eigenvalue weighted by Gasteiger charge is -1.94. The molecule has 0 spiro atoms. The van der Waals surface area contributed by atoms with Gasteiger partial charge in [-0.15, -0.1) is 0 Å². The highest BCUT2D eigenvalue weighted by Gasteiger charge is 2.01. The molecule has 0 aliphatic rings. The highest BCUT2D eigenvalue weighted by atomic mass is 14.9. The van der Waals surface area contributed by atoms with E-state index in [0.717, 1.165) is 0 Å². The molecule has 0 aliphatic carbocycles. The van der Waals surface area contributed by atoms with Crippen LogP contribution in [-0.2, 0) is 7.05 Å². The standard InChI is InChI=1S/C13H14N2/c1-3-4-13-9-12(10-15(13)2)11-5-7-14-8-6-11/h3-10H,1-2H3/b4-3+. The number of nitrogens with zero attached hydrogens (tertiary/aromatic N) is 2. The zero-order chi connectivity index (χ0) is 10.7. The van der Waals surface area contributed by atoms with E-state index in [0.29, 0.717) is 0 Å². The molecule has 0 aliphatic heterocycles. The normalized spacial score (nSPS) is 11.1. The molecular weight excluding hydrogens is 184 g/mol. The minimum atomic E-state index is 1.20. The number of hydrogen-bond acceptors (Lipinski definition) is 1. The molecule has 0 fully saturated rings. The summed E-state index contributed by atoms with van der Waals surface area (Å²) in [7, 11) is 2.06. The first kappa shape index (κ1) is 9.71. The Morgan fingerprint density at radius 2 is 1.93 bits per heavy atom. The second-order valence-electron chi connectivity index (χ2n) is 3.50. The fraction of sp³-hybridized carbons (Fsp3) is 0.154. The summed E-state index contributed by atoms with van der Waals surface area (Å²) in [5.41, 5.74) is 3.65. The fourth-order valence-electron chi connectivity index (χ4n) is 1.62. The summed E-state index contributed by atoms with van der Waals surface area (Å²) in [5, 5.41) is 0. The Hall–Kier alpha value is -1.83. The van der Waals surface area contributed by atoms with Crippen LogP contribution in [0.15, 0.2) is 42.9 Å². The van der Waals surface area contributed by atoms with Crippen molar-refractivity contribution >= 4 is 6.08 Å². The predicted molar refractivity (Wildman–Crippen MR) is 63.4 cm³/mol. The van der Waals surface area contributed by atoms with Gasteiger partial charge in [-0.3, -0.25) is 4.98 Å². The maximum atomic E-state index is 4.02. The van der Waals surface area contributed by atoms with Gasteiger partial charge in [0.25, 0.3) is 0 Å². The lowest BCUT2D eigenvalue weighted by molar-refractivity contribution is 0.915. The zero-order valence-electron chi connectivity index (χ0n) is 9.01. The number of allylic oxidation sites excluding steroid dienone is 1. The quantitative estimate of drug-likeness (QED) is 0.725. The van der Waals surface area contributed by atoms with E-state index in [-0.39, 0.29) is 0 Å².